The van der Waals surface area contributed by atoms with E-state index in [2.05, 4.69) is 26.1 Å². The molecule has 1 atom stereocenters. The SMILES string of the molecule is Cc1cc(CCC(C)CCNCC(C)C)c(Cl)cc1F. The molecule has 0 bridgehead atoms. The Bertz CT molecular complexity index is 418. The molecule has 0 saturated heterocycles. The summed E-state index contributed by atoms with van der Waals surface area (Å²) in [5.41, 5.74) is 1.74. The zero-order valence-electron chi connectivity index (χ0n) is 13.1. The van der Waals surface area contributed by atoms with Crippen molar-refractivity contribution in [1.82, 2.24) is 5.32 Å². The fraction of sp³-hybridized carbons (Fsp3) is 0.647. The van der Waals surface area contributed by atoms with Crippen molar-refractivity contribution in [2.75, 3.05) is 13.1 Å². The number of rotatable bonds is 8. The molecule has 3 heteroatoms. The van der Waals surface area contributed by atoms with E-state index in [-0.39, 0.29) is 5.82 Å². The molecule has 0 radical (unpaired) electrons. The van der Waals surface area contributed by atoms with Crippen LogP contribution in [0.15, 0.2) is 12.1 Å². The van der Waals surface area contributed by atoms with Crippen molar-refractivity contribution in [3.05, 3.63) is 34.1 Å². The lowest BCUT2D eigenvalue weighted by atomic mass is 9.97. The lowest BCUT2D eigenvalue weighted by Crippen LogP contribution is -2.22. The lowest BCUT2D eigenvalue weighted by molar-refractivity contribution is 0.454. The predicted octanol–water partition coefficient (Wildman–Crippen LogP) is 4.99. The van der Waals surface area contributed by atoms with E-state index in [1.54, 1.807) is 6.92 Å². The molecule has 0 aliphatic carbocycles. The van der Waals surface area contributed by atoms with Gasteiger partial charge in [-0.3, -0.25) is 0 Å². The first-order valence-electron chi connectivity index (χ1n) is 7.55. The Balaban J connectivity index is 2.34. The van der Waals surface area contributed by atoms with E-state index < -0.39 is 0 Å². The zero-order valence-corrected chi connectivity index (χ0v) is 13.9. The number of hydrogen-bond acceptors (Lipinski definition) is 1. The number of benzene rings is 1. The van der Waals surface area contributed by atoms with E-state index >= 15 is 0 Å². The Morgan fingerprint density at radius 2 is 1.90 bits per heavy atom. The van der Waals surface area contributed by atoms with Crippen molar-refractivity contribution >= 4 is 11.6 Å². The molecule has 20 heavy (non-hydrogen) atoms. The standard InChI is InChI=1S/C17H27ClFN/c1-12(2)11-20-8-7-13(3)5-6-15-9-14(4)17(19)10-16(15)18/h9-10,12-13,20H,5-8,11H2,1-4H3. The van der Waals surface area contributed by atoms with Crippen LogP contribution in [0.5, 0.6) is 0 Å². The molecule has 1 rings (SSSR count). The van der Waals surface area contributed by atoms with Crippen molar-refractivity contribution in [2.24, 2.45) is 11.8 Å². The fourth-order valence-corrected chi connectivity index (χ4v) is 2.44. The number of hydrogen-bond donors (Lipinski definition) is 1. The van der Waals surface area contributed by atoms with Crippen molar-refractivity contribution in [1.29, 1.82) is 0 Å². The molecule has 1 N–H and O–H groups in total. The number of aryl methyl sites for hydroxylation is 2. The first-order valence-corrected chi connectivity index (χ1v) is 7.93. The minimum Gasteiger partial charge on any atom is -0.316 e. The third-order valence-corrected chi connectivity index (χ3v) is 3.95. The average molecular weight is 300 g/mol. The van der Waals surface area contributed by atoms with E-state index in [9.17, 15) is 4.39 Å². The van der Waals surface area contributed by atoms with Gasteiger partial charge in [0.2, 0.25) is 0 Å². The van der Waals surface area contributed by atoms with Crippen molar-refractivity contribution < 1.29 is 4.39 Å². The average Bonchev–Trinajstić information content (AvgIpc) is 2.37. The quantitative estimate of drug-likeness (QED) is 0.667. The van der Waals surface area contributed by atoms with Gasteiger partial charge in [-0.25, -0.2) is 4.39 Å². The van der Waals surface area contributed by atoms with Gasteiger partial charge < -0.3 is 5.32 Å². The summed E-state index contributed by atoms with van der Waals surface area (Å²) in [6.07, 6.45) is 3.18. The van der Waals surface area contributed by atoms with Crippen molar-refractivity contribution in [3.63, 3.8) is 0 Å². The largest absolute Gasteiger partial charge is 0.316 e. The van der Waals surface area contributed by atoms with Crippen LogP contribution in [0.4, 0.5) is 4.39 Å². The first-order chi connectivity index (χ1) is 9.40. The highest BCUT2D eigenvalue weighted by Crippen LogP contribution is 2.23. The highest BCUT2D eigenvalue weighted by molar-refractivity contribution is 6.31. The molecule has 0 aliphatic rings. The Labute approximate surface area is 127 Å². The summed E-state index contributed by atoms with van der Waals surface area (Å²) in [6.45, 7) is 10.6. The summed E-state index contributed by atoms with van der Waals surface area (Å²) in [7, 11) is 0. The summed E-state index contributed by atoms with van der Waals surface area (Å²) in [5, 5.41) is 4.02. The summed E-state index contributed by atoms with van der Waals surface area (Å²) >= 11 is 6.09. The van der Waals surface area contributed by atoms with Gasteiger partial charge in [-0.2, -0.15) is 0 Å². The maximum Gasteiger partial charge on any atom is 0.127 e. The highest BCUT2D eigenvalue weighted by atomic mass is 35.5. The monoisotopic (exact) mass is 299 g/mol. The maximum atomic E-state index is 13.3. The van der Waals surface area contributed by atoms with Crippen molar-refractivity contribution in [3.8, 4) is 0 Å². The Morgan fingerprint density at radius 3 is 2.55 bits per heavy atom. The van der Waals surface area contributed by atoms with Crippen LogP contribution in [0.1, 0.15) is 44.7 Å². The molecule has 0 aliphatic heterocycles. The molecule has 0 aromatic heterocycles. The van der Waals surface area contributed by atoms with E-state index in [1.807, 2.05) is 6.07 Å². The van der Waals surface area contributed by atoms with Crippen LogP contribution in [0.3, 0.4) is 0 Å². The van der Waals surface area contributed by atoms with Crippen LogP contribution in [0, 0.1) is 24.6 Å². The minimum atomic E-state index is -0.218. The third-order valence-electron chi connectivity index (χ3n) is 3.60. The van der Waals surface area contributed by atoms with Gasteiger partial charge in [0.25, 0.3) is 0 Å². The fourth-order valence-electron chi connectivity index (χ4n) is 2.19. The van der Waals surface area contributed by atoms with Gasteiger partial charge in [0.1, 0.15) is 5.82 Å². The molecule has 0 saturated carbocycles. The first kappa shape index (κ1) is 17.5. The minimum absolute atomic E-state index is 0.218. The van der Waals surface area contributed by atoms with Gasteiger partial charge in [-0.05, 0) is 68.3 Å². The zero-order chi connectivity index (χ0) is 15.1. The van der Waals surface area contributed by atoms with E-state index in [0.29, 0.717) is 22.4 Å². The smallest absolute Gasteiger partial charge is 0.127 e. The summed E-state index contributed by atoms with van der Waals surface area (Å²) < 4.78 is 13.3. The van der Waals surface area contributed by atoms with Crippen LogP contribution in [0.25, 0.3) is 0 Å². The van der Waals surface area contributed by atoms with Crippen LogP contribution in [-0.4, -0.2) is 13.1 Å². The van der Waals surface area contributed by atoms with Crippen LogP contribution >= 0.6 is 11.6 Å². The number of halogens is 2. The molecule has 1 nitrogen and oxygen atoms in total. The molecule has 1 aromatic rings. The normalized spacial score (nSPS) is 12.9. The molecule has 114 valence electrons. The molecule has 0 spiro atoms. The van der Waals surface area contributed by atoms with Gasteiger partial charge in [0.15, 0.2) is 0 Å². The van der Waals surface area contributed by atoms with Crippen molar-refractivity contribution in [2.45, 2.75) is 47.0 Å². The third kappa shape index (κ3) is 6.23. The van der Waals surface area contributed by atoms with E-state index in [4.69, 9.17) is 11.6 Å². The maximum absolute atomic E-state index is 13.3. The predicted molar refractivity (Wildman–Crippen MR) is 86.0 cm³/mol. The van der Waals surface area contributed by atoms with Gasteiger partial charge in [0, 0.05) is 5.02 Å². The van der Waals surface area contributed by atoms with Gasteiger partial charge in [-0.15, -0.1) is 0 Å². The Hall–Kier alpha value is -0.600. The summed E-state index contributed by atoms with van der Waals surface area (Å²) in [4.78, 5) is 0. The Morgan fingerprint density at radius 1 is 1.20 bits per heavy atom. The molecule has 0 fully saturated rings. The van der Waals surface area contributed by atoms with Crippen LogP contribution in [0.2, 0.25) is 5.02 Å². The second-order valence-corrected chi connectivity index (χ2v) is 6.63. The highest BCUT2D eigenvalue weighted by Gasteiger charge is 2.08. The summed E-state index contributed by atoms with van der Waals surface area (Å²) in [5.74, 6) is 1.13. The Kier molecular flexibility index (Phi) is 7.53. The van der Waals surface area contributed by atoms with Crippen LogP contribution < -0.4 is 5.32 Å². The van der Waals surface area contributed by atoms with Gasteiger partial charge in [-0.1, -0.05) is 38.4 Å². The van der Waals surface area contributed by atoms with Crippen LogP contribution in [-0.2, 0) is 6.42 Å². The molecule has 0 amide bonds. The van der Waals surface area contributed by atoms with Gasteiger partial charge >= 0.3 is 0 Å². The second-order valence-electron chi connectivity index (χ2n) is 6.22. The molecule has 0 heterocycles. The number of nitrogens with one attached hydrogen (secondary N) is 1. The van der Waals surface area contributed by atoms with Gasteiger partial charge in [0.05, 0.1) is 0 Å². The topological polar surface area (TPSA) is 12.0 Å². The summed E-state index contributed by atoms with van der Waals surface area (Å²) in [6, 6.07) is 3.31. The molecule has 1 unspecified atom stereocenters. The van der Waals surface area contributed by atoms with E-state index in [1.165, 1.54) is 12.5 Å². The molecular weight excluding hydrogens is 273 g/mol. The second kappa shape index (κ2) is 8.63. The molecular formula is C17H27ClFN. The van der Waals surface area contributed by atoms with E-state index in [0.717, 1.165) is 31.5 Å². The molecule has 1 aromatic carbocycles. The lowest BCUT2D eigenvalue weighted by Gasteiger charge is -2.14.